The predicted octanol–water partition coefficient (Wildman–Crippen LogP) is 6.00. The third-order valence-electron chi connectivity index (χ3n) is 7.58. The van der Waals surface area contributed by atoms with Crippen molar-refractivity contribution in [2.45, 2.75) is 12.2 Å². The molecule has 4 aromatic rings. The molecule has 0 unspecified atom stereocenters. The van der Waals surface area contributed by atoms with Gasteiger partial charge in [-0.25, -0.2) is 18.4 Å². The third-order valence-corrected chi connectivity index (χ3v) is 7.58. The first-order valence-electron chi connectivity index (χ1n) is 15.7. The lowest BCUT2D eigenvalue weighted by molar-refractivity contribution is 0.0275. The molecule has 2 aliphatic rings. The molecule has 2 saturated heterocycles. The van der Waals surface area contributed by atoms with Crippen LogP contribution in [-0.2, 0) is 9.47 Å². The van der Waals surface area contributed by atoms with Crippen molar-refractivity contribution in [3.8, 4) is 12.1 Å². The van der Waals surface area contributed by atoms with Gasteiger partial charge >= 0.3 is 12.1 Å². The highest BCUT2D eigenvalue weighted by atomic mass is 19.1. The first-order valence-corrected chi connectivity index (χ1v) is 15.7. The van der Waals surface area contributed by atoms with Crippen molar-refractivity contribution >= 4 is 34.8 Å². The maximum atomic E-state index is 14.3. The Morgan fingerprint density at radius 1 is 0.640 bits per heavy atom. The van der Waals surface area contributed by atoms with Gasteiger partial charge in [0.25, 0.3) is 0 Å². The van der Waals surface area contributed by atoms with Crippen LogP contribution in [0.4, 0.5) is 41.1 Å². The van der Waals surface area contributed by atoms with Gasteiger partial charge in [-0.3, -0.25) is 0 Å². The van der Waals surface area contributed by atoms with Gasteiger partial charge in [-0.15, -0.1) is 0 Å². The van der Waals surface area contributed by atoms with Gasteiger partial charge in [-0.1, -0.05) is 24.3 Å². The van der Waals surface area contributed by atoms with Crippen molar-refractivity contribution in [2.75, 3.05) is 60.7 Å². The Balaban J connectivity index is 0.000000194. The number of ether oxygens (including phenoxy) is 2. The molecule has 0 bridgehead atoms. The molecule has 0 saturated carbocycles. The number of morpholine rings is 2. The van der Waals surface area contributed by atoms with Crippen LogP contribution in [0.3, 0.4) is 0 Å². The summed E-state index contributed by atoms with van der Waals surface area (Å²) in [7, 11) is 0. The molecule has 2 fully saturated rings. The van der Waals surface area contributed by atoms with Gasteiger partial charge in [0.2, 0.25) is 0 Å². The Morgan fingerprint density at radius 2 is 1.08 bits per heavy atom. The molecule has 4 aromatic carbocycles. The van der Waals surface area contributed by atoms with E-state index in [2.05, 4.69) is 31.9 Å². The fourth-order valence-corrected chi connectivity index (χ4v) is 5.13. The van der Waals surface area contributed by atoms with Crippen molar-refractivity contribution in [1.82, 2.24) is 10.6 Å². The fraction of sp³-hybridized carbons (Fsp3) is 0.222. The summed E-state index contributed by atoms with van der Waals surface area (Å²) in [5.41, 5.74) is 3.34. The molecular formula is C36H34F2N8O4. The SMILES string of the molecule is N#Cc1cccc(NC(=O)Nc2ccc([C@@H]3CNCCO3)cc2F)c1.N#Cc1cccc(NC(=O)Nc2ccc([C@H]3CNCCO3)cc2F)c1. The topological polar surface area (TPSA) is 172 Å². The van der Waals surface area contributed by atoms with Gasteiger partial charge in [0.1, 0.15) is 11.6 Å². The quantitative estimate of drug-likeness (QED) is 0.144. The van der Waals surface area contributed by atoms with Crippen molar-refractivity contribution < 1.29 is 27.8 Å². The van der Waals surface area contributed by atoms with E-state index < -0.39 is 23.7 Å². The fourth-order valence-electron chi connectivity index (χ4n) is 5.13. The molecule has 12 nitrogen and oxygen atoms in total. The number of anilines is 4. The molecule has 6 N–H and O–H groups in total. The van der Waals surface area contributed by atoms with E-state index in [1.807, 2.05) is 12.1 Å². The summed E-state index contributed by atoms with van der Waals surface area (Å²) in [4.78, 5) is 24.0. The van der Waals surface area contributed by atoms with Crippen LogP contribution in [0.5, 0.6) is 0 Å². The van der Waals surface area contributed by atoms with Gasteiger partial charge in [-0.05, 0) is 71.8 Å². The molecule has 2 heterocycles. The summed E-state index contributed by atoms with van der Waals surface area (Å²) in [5, 5.41) is 34.1. The number of amides is 4. The number of hydrogen-bond acceptors (Lipinski definition) is 8. The molecule has 2 aliphatic heterocycles. The number of nitriles is 2. The Morgan fingerprint density at radius 3 is 1.44 bits per heavy atom. The molecule has 6 rings (SSSR count). The second kappa shape index (κ2) is 17.5. The minimum atomic E-state index is -0.586. The molecule has 2 atom stereocenters. The molecule has 0 aromatic heterocycles. The zero-order valence-corrected chi connectivity index (χ0v) is 26.8. The van der Waals surface area contributed by atoms with Crippen LogP contribution in [0.1, 0.15) is 34.5 Å². The summed E-state index contributed by atoms with van der Waals surface area (Å²) in [6.45, 7) is 3.98. The summed E-state index contributed by atoms with van der Waals surface area (Å²) >= 11 is 0. The van der Waals surface area contributed by atoms with Crippen LogP contribution in [0.15, 0.2) is 84.9 Å². The Kier molecular flexibility index (Phi) is 12.4. The summed E-state index contributed by atoms with van der Waals surface area (Å²) < 4.78 is 39.7. The van der Waals surface area contributed by atoms with Crippen LogP contribution in [-0.4, -0.2) is 51.5 Å². The first-order chi connectivity index (χ1) is 24.3. The largest absolute Gasteiger partial charge is 0.371 e. The second-order valence-corrected chi connectivity index (χ2v) is 11.1. The zero-order chi connectivity index (χ0) is 35.3. The van der Waals surface area contributed by atoms with Crippen LogP contribution in [0.2, 0.25) is 0 Å². The predicted molar refractivity (Wildman–Crippen MR) is 184 cm³/mol. The van der Waals surface area contributed by atoms with E-state index in [-0.39, 0.29) is 23.6 Å². The minimum Gasteiger partial charge on any atom is -0.371 e. The number of nitrogens with one attached hydrogen (secondary N) is 6. The highest BCUT2D eigenvalue weighted by molar-refractivity contribution is 6.00. The number of benzene rings is 4. The number of carbonyl (C=O) groups is 2. The maximum Gasteiger partial charge on any atom is 0.323 e. The highest BCUT2D eigenvalue weighted by Gasteiger charge is 2.19. The van der Waals surface area contributed by atoms with Crippen molar-refractivity contribution in [3.05, 3.63) is 119 Å². The number of urea groups is 2. The smallest absolute Gasteiger partial charge is 0.323 e. The van der Waals surface area contributed by atoms with Gasteiger partial charge in [0.05, 0.1) is 60.1 Å². The molecule has 0 aliphatic carbocycles. The Labute approximate surface area is 287 Å². The highest BCUT2D eigenvalue weighted by Crippen LogP contribution is 2.25. The molecule has 0 radical (unpaired) electrons. The van der Waals surface area contributed by atoms with Crippen molar-refractivity contribution in [3.63, 3.8) is 0 Å². The first kappa shape index (κ1) is 35.4. The van der Waals surface area contributed by atoms with E-state index in [1.165, 1.54) is 36.4 Å². The minimum absolute atomic E-state index is 0.0708. The summed E-state index contributed by atoms with van der Waals surface area (Å²) in [6.07, 6.45) is -0.389. The van der Waals surface area contributed by atoms with Gasteiger partial charge < -0.3 is 41.4 Å². The lowest BCUT2D eigenvalue weighted by Crippen LogP contribution is -2.33. The van der Waals surface area contributed by atoms with E-state index in [1.54, 1.807) is 48.5 Å². The van der Waals surface area contributed by atoms with Crippen LogP contribution < -0.4 is 31.9 Å². The normalized spacial score (nSPS) is 16.7. The second-order valence-electron chi connectivity index (χ2n) is 11.1. The van der Waals surface area contributed by atoms with Gasteiger partial charge in [0, 0.05) is 37.6 Å². The van der Waals surface area contributed by atoms with Crippen LogP contribution in [0.25, 0.3) is 0 Å². The number of carbonyl (C=O) groups excluding carboxylic acids is 2. The molecule has 50 heavy (non-hydrogen) atoms. The van der Waals surface area contributed by atoms with E-state index in [4.69, 9.17) is 20.0 Å². The molecule has 4 amide bonds. The molecule has 256 valence electrons. The van der Waals surface area contributed by atoms with E-state index >= 15 is 0 Å². The number of hydrogen-bond donors (Lipinski definition) is 6. The molecule has 0 spiro atoms. The van der Waals surface area contributed by atoms with E-state index in [0.29, 0.717) is 48.8 Å². The number of halogens is 2. The van der Waals surface area contributed by atoms with Gasteiger partial charge in [-0.2, -0.15) is 10.5 Å². The molecule has 14 heteroatoms. The average molecular weight is 681 g/mol. The monoisotopic (exact) mass is 680 g/mol. The van der Waals surface area contributed by atoms with E-state index in [0.717, 1.165) is 24.2 Å². The summed E-state index contributed by atoms with van der Waals surface area (Å²) in [6, 6.07) is 24.9. The lowest BCUT2D eigenvalue weighted by Gasteiger charge is -2.24. The number of rotatable bonds is 6. The zero-order valence-electron chi connectivity index (χ0n) is 26.8. The Bertz CT molecular complexity index is 1760. The van der Waals surface area contributed by atoms with Crippen LogP contribution in [0, 0.1) is 34.3 Å². The number of nitrogens with zero attached hydrogens (tertiary/aromatic N) is 2. The lowest BCUT2D eigenvalue weighted by atomic mass is 10.1. The molecular weight excluding hydrogens is 646 g/mol. The van der Waals surface area contributed by atoms with E-state index in [9.17, 15) is 18.4 Å². The average Bonchev–Trinajstić information content (AvgIpc) is 3.14. The van der Waals surface area contributed by atoms with Crippen LogP contribution >= 0.6 is 0 Å². The van der Waals surface area contributed by atoms with Gasteiger partial charge in [0.15, 0.2) is 0 Å². The standard InChI is InChI=1S/2C18H17FN4O2/c2*19-15-9-13(17-11-21-6-7-25-17)4-5-16(15)23-18(24)22-14-3-1-2-12(8-14)10-20/h2*1-5,8-9,17,21H,6-7,11H2,(H2,22,23,24)/t2*17-/m10/s1. The van der Waals surface area contributed by atoms with Crippen molar-refractivity contribution in [2.24, 2.45) is 0 Å². The maximum absolute atomic E-state index is 14.3. The third kappa shape index (κ3) is 10.1. The van der Waals surface area contributed by atoms with Crippen molar-refractivity contribution in [1.29, 1.82) is 10.5 Å². The summed E-state index contributed by atoms with van der Waals surface area (Å²) in [5.74, 6) is -1.07. The Hall–Kier alpha value is -5.90.